The average molecular weight is 616 g/mol. The number of aromatic nitrogens is 1. The van der Waals surface area contributed by atoms with Gasteiger partial charge < -0.3 is 35.1 Å². The lowest BCUT2D eigenvalue weighted by atomic mass is 9.72. The van der Waals surface area contributed by atoms with Gasteiger partial charge in [-0.15, -0.1) is 0 Å². The minimum atomic E-state index is -1.28. The van der Waals surface area contributed by atoms with Gasteiger partial charge in [-0.05, 0) is 48.9 Å². The number of oxazole rings is 1. The van der Waals surface area contributed by atoms with Gasteiger partial charge in [-0.1, -0.05) is 58.0 Å². The van der Waals surface area contributed by atoms with E-state index in [4.69, 9.17) is 14.1 Å². The maximum absolute atomic E-state index is 14.2. The van der Waals surface area contributed by atoms with Crippen molar-refractivity contribution in [3.63, 3.8) is 0 Å². The number of aliphatic hydroxyl groups is 1. The molecule has 3 aromatic rings. The molecule has 1 spiro atoms. The molecule has 5 atom stereocenters. The number of ether oxygens (including phenoxy) is 1. The lowest BCUT2D eigenvalue weighted by Gasteiger charge is -2.29. The van der Waals surface area contributed by atoms with Crippen molar-refractivity contribution in [3.8, 4) is 5.75 Å². The highest BCUT2D eigenvalue weighted by Crippen LogP contribution is 2.58. The Bertz CT molecular complexity index is 1650. The van der Waals surface area contributed by atoms with Crippen LogP contribution in [-0.2, 0) is 21.4 Å². The summed E-state index contributed by atoms with van der Waals surface area (Å²) in [4.78, 5) is 47.6. The van der Waals surface area contributed by atoms with Crippen LogP contribution in [0.4, 0.5) is 5.69 Å². The first-order chi connectivity index (χ1) is 21.5. The van der Waals surface area contributed by atoms with E-state index >= 15 is 0 Å². The Labute approximate surface area is 262 Å². The molecule has 45 heavy (non-hydrogen) atoms. The summed E-state index contributed by atoms with van der Waals surface area (Å²) in [5.74, 6) is -0.707. The van der Waals surface area contributed by atoms with E-state index < -0.39 is 41.6 Å². The Morgan fingerprint density at radius 2 is 1.82 bits per heavy atom. The third-order valence-corrected chi connectivity index (χ3v) is 9.20. The largest absolute Gasteiger partial charge is 0.469 e. The van der Waals surface area contributed by atoms with E-state index in [-0.39, 0.29) is 35.7 Å². The molecule has 3 amide bonds. The smallest absolute Gasteiger partial charge is 0.276 e. The predicted octanol–water partition coefficient (Wildman–Crippen LogP) is 3.51. The number of para-hydroxylation sites is 1. The number of carbonyl (C=O) groups is 3. The van der Waals surface area contributed by atoms with E-state index in [0.29, 0.717) is 24.6 Å². The van der Waals surface area contributed by atoms with Gasteiger partial charge >= 0.3 is 0 Å². The molecule has 3 aliphatic rings. The highest BCUT2D eigenvalue weighted by molar-refractivity contribution is 5.95. The zero-order valence-electron chi connectivity index (χ0n) is 26.5. The Kier molecular flexibility index (Phi) is 7.84. The summed E-state index contributed by atoms with van der Waals surface area (Å²) in [5, 5.41) is 19.8. The molecule has 0 aliphatic carbocycles. The van der Waals surface area contributed by atoms with Gasteiger partial charge in [0.05, 0.1) is 0 Å². The van der Waals surface area contributed by atoms with Crippen LogP contribution in [0.25, 0.3) is 0 Å². The Balaban J connectivity index is 1.61. The van der Waals surface area contributed by atoms with Crippen molar-refractivity contribution < 1.29 is 28.6 Å². The summed E-state index contributed by atoms with van der Waals surface area (Å²) in [6.45, 7) is 12.1. The van der Waals surface area contributed by atoms with E-state index in [1.165, 1.54) is 0 Å². The molecule has 11 nitrogen and oxygen atoms in total. The second kappa shape index (κ2) is 11.5. The third-order valence-electron chi connectivity index (χ3n) is 9.20. The molecular weight excluding hydrogens is 574 g/mol. The average Bonchev–Trinajstić information content (AvgIpc) is 3.68. The summed E-state index contributed by atoms with van der Waals surface area (Å²) in [6, 6.07) is 11.8. The number of nitrogens with zero attached hydrogens (tertiary/aromatic N) is 2. The zero-order valence-corrected chi connectivity index (χ0v) is 26.5. The molecule has 0 saturated carbocycles. The van der Waals surface area contributed by atoms with Gasteiger partial charge in [0, 0.05) is 30.8 Å². The van der Waals surface area contributed by atoms with E-state index in [1.54, 1.807) is 18.7 Å². The van der Waals surface area contributed by atoms with Crippen molar-refractivity contribution in [2.45, 2.75) is 77.8 Å². The molecule has 0 saturated heterocycles. The van der Waals surface area contributed by atoms with E-state index in [9.17, 15) is 19.5 Å². The number of rotatable bonds is 7. The maximum Gasteiger partial charge on any atom is 0.276 e. The van der Waals surface area contributed by atoms with E-state index in [1.807, 2.05) is 70.2 Å². The third kappa shape index (κ3) is 4.84. The summed E-state index contributed by atoms with van der Waals surface area (Å²) >= 11 is 0. The molecule has 4 heterocycles. The van der Waals surface area contributed by atoms with Crippen molar-refractivity contribution >= 4 is 23.4 Å². The second-order valence-corrected chi connectivity index (χ2v) is 12.7. The topological polar surface area (TPSA) is 146 Å². The zero-order chi connectivity index (χ0) is 32.2. The fraction of sp³-hybridized carbons (Fsp3) is 0.471. The number of nitrogens with one attached hydrogen (secondary N) is 3. The molecule has 11 heteroatoms. The van der Waals surface area contributed by atoms with Crippen LogP contribution >= 0.6 is 0 Å². The highest BCUT2D eigenvalue weighted by atomic mass is 16.5. The predicted molar refractivity (Wildman–Crippen MR) is 167 cm³/mol. The fourth-order valence-corrected chi connectivity index (χ4v) is 6.67. The molecule has 2 aromatic carbocycles. The van der Waals surface area contributed by atoms with Gasteiger partial charge in [0.2, 0.25) is 17.7 Å². The van der Waals surface area contributed by atoms with Gasteiger partial charge in [0.25, 0.3) is 5.91 Å². The first kappa shape index (κ1) is 30.6. The van der Waals surface area contributed by atoms with Crippen LogP contribution in [0.5, 0.6) is 5.75 Å². The number of benzene rings is 2. The lowest BCUT2D eigenvalue weighted by molar-refractivity contribution is -0.135. The fourth-order valence-electron chi connectivity index (χ4n) is 6.67. The Morgan fingerprint density at radius 3 is 2.51 bits per heavy atom. The molecule has 1 aromatic heterocycles. The number of aliphatic hydroxyl groups excluding tert-OH is 1. The number of carbonyl (C=O) groups excluding carboxylic acids is 3. The quantitative estimate of drug-likeness (QED) is 0.316. The van der Waals surface area contributed by atoms with Crippen LogP contribution in [-0.4, -0.2) is 64.2 Å². The highest BCUT2D eigenvalue weighted by Gasteiger charge is 2.61. The monoisotopic (exact) mass is 615 g/mol. The molecule has 0 fully saturated rings. The van der Waals surface area contributed by atoms with Gasteiger partial charge in [0.1, 0.15) is 29.4 Å². The van der Waals surface area contributed by atoms with Crippen LogP contribution in [0.1, 0.15) is 86.4 Å². The van der Waals surface area contributed by atoms with Crippen molar-refractivity contribution in [1.82, 2.24) is 20.5 Å². The van der Waals surface area contributed by atoms with Crippen molar-refractivity contribution in [1.29, 1.82) is 0 Å². The lowest BCUT2D eigenvalue weighted by Crippen LogP contribution is -2.52. The maximum atomic E-state index is 14.2. The molecule has 0 radical (unpaired) electrons. The minimum Gasteiger partial charge on any atom is -0.469 e. The molecule has 238 valence electrons. The van der Waals surface area contributed by atoms with Crippen molar-refractivity contribution in [2.24, 2.45) is 11.8 Å². The SMILES string of the molecule is CCN(CC)C(=O)c1nc2oc1C13c4ccccc4NC1Oc1ccc(cc13)C[C@H](NC(=O)[C@@H](O)C(C)C)C(=O)N[C@H]2C(C)C. The summed E-state index contributed by atoms with van der Waals surface area (Å²) in [6.07, 6.45) is -1.74. The van der Waals surface area contributed by atoms with Gasteiger partial charge in [0.15, 0.2) is 17.7 Å². The number of anilines is 1. The van der Waals surface area contributed by atoms with Gasteiger partial charge in [-0.2, -0.15) is 0 Å². The van der Waals surface area contributed by atoms with Crippen LogP contribution in [0.2, 0.25) is 0 Å². The van der Waals surface area contributed by atoms with E-state index in [2.05, 4.69) is 16.0 Å². The second-order valence-electron chi connectivity index (χ2n) is 12.7. The van der Waals surface area contributed by atoms with Gasteiger partial charge in [-0.3, -0.25) is 14.4 Å². The number of fused-ring (bicyclic) bond motifs is 4. The molecule has 2 unspecified atom stereocenters. The first-order valence-electron chi connectivity index (χ1n) is 15.8. The summed E-state index contributed by atoms with van der Waals surface area (Å²) in [5.41, 5.74) is 2.37. The molecule has 3 aliphatic heterocycles. The Morgan fingerprint density at radius 1 is 1.09 bits per heavy atom. The molecular formula is C34H41N5O6. The number of hydrogen-bond acceptors (Lipinski definition) is 8. The minimum absolute atomic E-state index is 0.161. The standard InChI is InChI=1S/C34H41N5O6/c1-7-39(8-2)32(43)26-28-34-20-11-9-10-12-22(20)36-33(34)44-24-14-13-19(15-21(24)34)16-23(35-30(42)27(40)18(5)6)29(41)37-25(17(3)4)31(38-26)45-28/h9-15,17-18,23,25,27,33,36,40H,7-8,16H2,1-6H3,(H,35,42)(H,37,41)/t23-,25-,27-,33?,34?/m0/s1. The van der Waals surface area contributed by atoms with Gasteiger partial charge in [-0.25, -0.2) is 4.98 Å². The van der Waals surface area contributed by atoms with E-state index in [0.717, 1.165) is 22.4 Å². The first-order valence-corrected chi connectivity index (χ1v) is 15.8. The van der Waals surface area contributed by atoms with Crippen LogP contribution in [0, 0.1) is 11.8 Å². The molecule has 6 rings (SSSR count). The van der Waals surface area contributed by atoms with Crippen molar-refractivity contribution in [2.75, 3.05) is 18.4 Å². The van der Waals surface area contributed by atoms with Crippen LogP contribution < -0.4 is 20.7 Å². The van der Waals surface area contributed by atoms with Crippen LogP contribution in [0.3, 0.4) is 0 Å². The summed E-state index contributed by atoms with van der Waals surface area (Å²) < 4.78 is 13.3. The molecule has 4 N–H and O–H groups in total. The normalized spacial score (nSPS) is 23.6. The Hall–Kier alpha value is -4.38. The van der Waals surface area contributed by atoms with Crippen LogP contribution in [0.15, 0.2) is 46.9 Å². The number of amides is 3. The number of hydrogen-bond donors (Lipinski definition) is 4. The molecule has 4 bridgehead atoms. The summed E-state index contributed by atoms with van der Waals surface area (Å²) in [7, 11) is 0. The van der Waals surface area contributed by atoms with Crippen molar-refractivity contribution in [3.05, 3.63) is 76.5 Å².